The molecule has 1 unspecified atom stereocenters. The van der Waals surface area contributed by atoms with Crippen molar-refractivity contribution >= 4 is 21.6 Å². The van der Waals surface area contributed by atoms with Crippen LogP contribution in [0.5, 0.6) is 11.5 Å². The maximum atomic E-state index is 14.2. The van der Waals surface area contributed by atoms with Crippen molar-refractivity contribution in [3.8, 4) is 11.5 Å². The Morgan fingerprint density at radius 1 is 1.03 bits per heavy atom. The minimum absolute atomic E-state index is 0.0344. The lowest BCUT2D eigenvalue weighted by atomic mass is 10.1. The van der Waals surface area contributed by atoms with Crippen LogP contribution in [0, 0.1) is 5.82 Å². The molecule has 0 aliphatic rings. The number of nitrogens with zero attached hydrogens (tertiary/aromatic N) is 1. The number of hydrogen-bond acceptors (Lipinski definition) is 5. The molecule has 0 fully saturated rings. The minimum Gasteiger partial charge on any atom is -0.497 e. The van der Waals surface area contributed by atoms with Crippen LogP contribution in [0.1, 0.15) is 34.5 Å². The molecular weight excluding hydrogens is 459 g/mol. The van der Waals surface area contributed by atoms with Crippen LogP contribution in [0.25, 0.3) is 0 Å². The lowest BCUT2D eigenvalue weighted by Gasteiger charge is -2.23. The van der Waals surface area contributed by atoms with Gasteiger partial charge in [-0.25, -0.2) is 12.8 Å². The number of para-hydroxylation sites is 1. The maximum Gasteiger partial charge on any atom is 0.251 e. The largest absolute Gasteiger partial charge is 0.497 e. The van der Waals surface area contributed by atoms with E-state index in [1.165, 1.54) is 18.2 Å². The van der Waals surface area contributed by atoms with E-state index in [1.807, 2.05) is 6.92 Å². The highest BCUT2D eigenvalue weighted by atomic mass is 32.2. The van der Waals surface area contributed by atoms with Crippen LogP contribution in [-0.2, 0) is 16.6 Å². The number of amides is 1. The standard InChI is InChI=1S/C25H27FN2O5S/c1-17(21-15-20(32-2)13-14-24(21)33-3)27-25(29)19-11-9-18(10-12-19)16-28(34(4,30)31)23-8-6-5-7-22(23)26/h5-15,17H,16H2,1-4H3,(H,27,29). The van der Waals surface area contributed by atoms with Crippen molar-refractivity contribution in [1.82, 2.24) is 5.32 Å². The van der Waals surface area contributed by atoms with Crippen molar-refractivity contribution in [3.63, 3.8) is 0 Å². The Hall–Kier alpha value is -3.59. The molecule has 1 amide bonds. The number of carbonyl (C=O) groups is 1. The highest BCUT2D eigenvalue weighted by molar-refractivity contribution is 7.92. The normalized spacial score (nSPS) is 12.0. The highest BCUT2D eigenvalue weighted by Crippen LogP contribution is 2.29. The van der Waals surface area contributed by atoms with Gasteiger partial charge in [-0.05, 0) is 55.0 Å². The fraction of sp³-hybridized carbons (Fsp3) is 0.240. The predicted molar refractivity (Wildman–Crippen MR) is 129 cm³/mol. The third kappa shape index (κ3) is 5.85. The van der Waals surface area contributed by atoms with Gasteiger partial charge < -0.3 is 14.8 Å². The molecule has 0 radical (unpaired) electrons. The van der Waals surface area contributed by atoms with E-state index in [0.717, 1.165) is 16.1 Å². The molecule has 180 valence electrons. The molecular formula is C25H27FN2O5S. The van der Waals surface area contributed by atoms with Crippen molar-refractivity contribution in [1.29, 1.82) is 0 Å². The predicted octanol–water partition coefficient (Wildman–Crippen LogP) is 4.30. The van der Waals surface area contributed by atoms with Crippen molar-refractivity contribution in [3.05, 3.63) is 89.2 Å². The Bertz CT molecular complexity index is 1260. The topological polar surface area (TPSA) is 84.9 Å². The number of rotatable bonds is 9. The monoisotopic (exact) mass is 486 g/mol. The molecule has 0 aromatic heterocycles. The van der Waals surface area contributed by atoms with E-state index in [2.05, 4.69) is 5.32 Å². The molecule has 0 heterocycles. The van der Waals surface area contributed by atoms with Gasteiger partial charge in [0.15, 0.2) is 0 Å². The number of carbonyl (C=O) groups excluding carboxylic acids is 1. The maximum absolute atomic E-state index is 14.2. The number of halogens is 1. The van der Waals surface area contributed by atoms with Gasteiger partial charge in [-0.1, -0.05) is 24.3 Å². The fourth-order valence-electron chi connectivity index (χ4n) is 3.50. The Morgan fingerprint density at radius 2 is 1.71 bits per heavy atom. The van der Waals surface area contributed by atoms with Crippen molar-refractivity contribution in [2.75, 3.05) is 24.8 Å². The zero-order valence-electron chi connectivity index (χ0n) is 19.4. The van der Waals surface area contributed by atoms with Crippen molar-refractivity contribution in [2.45, 2.75) is 19.5 Å². The molecule has 0 aliphatic carbocycles. The first kappa shape index (κ1) is 25.0. The molecule has 34 heavy (non-hydrogen) atoms. The van der Waals surface area contributed by atoms with Crippen LogP contribution in [0.4, 0.5) is 10.1 Å². The lowest BCUT2D eigenvalue weighted by molar-refractivity contribution is 0.0939. The average molecular weight is 487 g/mol. The van der Waals surface area contributed by atoms with Gasteiger partial charge in [-0.2, -0.15) is 0 Å². The van der Waals surface area contributed by atoms with Gasteiger partial charge in [-0.15, -0.1) is 0 Å². The summed E-state index contributed by atoms with van der Waals surface area (Å²) in [5.74, 6) is 0.327. The number of ether oxygens (including phenoxy) is 2. The molecule has 3 rings (SSSR count). The Morgan fingerprint density at radius 3 is 2.29 bits per heavy atom. The zero-order valence-corrected chi connectivity index (χ0v) is 20.2. The van der Waals surface area contributed by atoms with Gasteiger partial charge in [0.2, 0.25) is 10.0 Å². The number of methoxy groups -OCH3 is 2. The van der Waals surface area contributed by atoms with Gasteiger partial charge in [-0.3, -0.25) is 9.10 Å². The van der Waals surface area contributed by atoms with Crippen LogP contribution in [0.15, 0.2) is 66.7 Å². The molecule has 0 bridgehead atoms. The lowest BCUT2D eigenvalue weighted by Crippen LogP contribution is -2.30. The minimum atomic E-state index is -3.73. The van der Waals surface area contributed by atoms with Crippen LogP contribution in [0.3, 0.4) is 0 Å². The van der Waals surface area contributed by atoms with Gasteiger partial charge in [0.05, 0.1) is 38.7 Å². The summed E-state index contributed by atoms with van der Waals surface area (Å²) in [5, 5.41) is 2.93. The van der Waals surface area contributed by atoms with Gasteiger partial charge in [0.1, 0.15) is 17.3 Å². The van der Waals surface area contributed by atoms with Gasteiger partial charge in [0.25, 0.3) is 5.91 Å². The molecule has 3 aromatic carbocycles. The number of benzene rings is 3. The van der Waals surface area contributed by atoms with E-state index in [4.69, 9.17) is 9.47 Å². The number of sulfonamides is 1. The molecule has 7 nitrogen and oxygen atoms in total. The molecule has 0 saturated carbocycles. The second-order valence-electron chi connectivity index (χ2n) is 7.72. The van der Waals surface area contributed by atoms with E-state index in [-0.39, 0.29) is 24.2 Å². The van der Waals surface area contributed by atoms with E-state index in [0.29, 0.717) is 22.6 Å². The molecule has 1 atom stereocenters. The first-order valence-corrected chi connectivity index (χ1v) is 12.3. The highest BCUT2D eigenvalue weighted by Gasteiger charge is 2.21. The van der Waals surface area contributed by atoms with E-state index >= 15 is 0 Å². The first-order valence-electron chi connectivity index (χ1n) is 10.5. The first-order chi connectivity index (χ1) is 16.1. The number of hydrogen-bond donors (Lipinski definition) is 1. The summed E-state index contributed by atoms with van der Waals surface area (Å²) >= 11 is 0. The number of nitrogens with one attached hydrogen (secondary N) is 1. The smallest absolute Gasteiger partial charge is 0.251 e. The summed E-state index contributed by atoms with van der Waals surface area (Å²) in [6, 6.07) is 17.2. The van der Waals surface area contributed by atoms with Crippen LogP contribution >= 0.6 is 0 Å². The van der Waals surface area contributed by atoms with Gasteiger partial charge >= 0.3 is 0 Å². The third-order valence-corrected chi connectivity index (χ3v) is 6.44. The van der Waals surface area contributed by atoms with Gasteiger partial charge in [0, 0.05) is 11.1 Å². The Labute approximate surface area is 199 Å². The Kier molecular flexibility index (Phi) is 7.78. The summed E-state index contributed by atoms with van der Waals surface area (Å²) < 4.78 is 50.5. The second kappa shape index (κ2) is 10.6. The summed E-state index contributed by atoms with van der Waals surface area (Å²) in [6.07, 6.45) is 1.02. The summed E-state index contributed by atoms with van der Waals surface area (Å²) in [4.78, 5) is 12.8. The molecule has 0 saturated heterocycles. The SMILES string of the molecule is COc1ccc(OC)c(C(C)NC(=O)c2ccc(CN(c3ccccc3F)S(C)(=O)=O)cc2)c1. The molecule has 3 aromatic rings. The van der Waals surface area contributed by atoms with Crippen molar-refractivity contribution < 1.29 is 27.1 Å². The summed E-state index contributed by atoms with van der Waals surface area (Å²) in [6.45, 7) is 1.76. The second-order valence-corrected chi connectivity index (χ2v) is 9.63. The molecule has 0 spiro atoms. The summed E-state index contributed by atoms with van der Waals surface area (Å²) in [5.41, 5.74) is 1.73. The van der Waals surface area contributed by atoms with Crippen LogP contribution in [0.2, 0.25) is 0 Å². The zero-order chi connectivity index (χ0) is 24.9. The number of anilines is 1. The van der Waals surface area contributed by atoms with Crippen LogP contribution < -0.4 is 19.1 Å². The third-order valence-electron chi connectivity index (χ3n) is 5.31. The van der Waals surface area contributed by atoms with Crippen LogP contribution in [-0.4, -0.2) is 34.8 Å². The Balaban J connectivity index is 1.76. The summed E-state index contributed by atoms with van der Waals surface area (Å²) in [7, 11) is -0.614. The van der Waals surface area contributed by atoms with E-state index in [1.54, 1.807) is 62.8 Å². The molecule has 9 heteroatoms. The fourth-order valence-corrected chi connectivity index (χ4v) is 4.39. The van der Waals surface area contributed by atoms with E-state index < -0.39 is 15.8 Å². The quantitative estimate of drug-likeness (QED) is 0.488. The van der Waals surface area contributed by atoms with E-state index in [9.17, 15) is 17.6 Å². The molecule has 0 aliphatic heterocycles. The van der Waals surface area contributed by atoms with Crippen molar-refractivity contribution in [2.24, 2.45) is 0 Å². The average Bonchev–Trinajstić information content (AvgIpc) is 2.82. The molecule has 1 N–H and O–H groups in total.